The van der Waals surface area contributed by atoms with E-state index in [0.717, 1.165) is 29.6 Å². The summed E-state index contributed by atoms with van der Waals surface area (Å²) >= 11 is 4.54. The van der Waals surface area contributed by atoms with Gasteiger partial charge in [0.15, 0.2) is 0 Å². The fourth-order valence-corrected chi connectivity index (χ4v) is 4.72. The second-order valence-corrected chi connectivity index (χ2v) is 8.69. The fraction of sp³-hybridized carbons (Fsp3) is 0.130. The largest absolute Gasteiger partial charge is 0.487 e. The number of halogens is 2. The summed E-state index contributed by atoms with van der Waals surface area (Å²) in [6, 6.07) is 21.8. The Morgan fingerprint density at radius 1 is 1.00 bits per heavy atom. The van der Waals surface area contributed by atoms with E-state index in [1.54, 1.807) is 12.3 Å². The van der Waals surface area contributed by atoms with E-state index in [1.165, 1.54) is 5.56 Å². The minimum Gasteiger partial charge on any atom is -0.487 e. The van der Waals surface area contributed by atoms with Gasteiger partial charge in [-0.3, -0.25) is 0 Å². The van der Waals surface area contributed by atoms with Gasteiger partial charge in [0.05, 0.1) is 25.0 Å². The smallest absolute Gasteiger partial charge is 0.146 e. The number of aryl methyl sites for hydroxylation is 1. The van der Waals surface area contributed by atoms with Gasteiger partial charge in [0.2, 0.25) is 0 Å². The van der Waals surface area contributed by atoms with Gasteiger partial charge in [-0.05, 0) is 81.4 Å². The maximum Gasteiger partial charge on any atom is 0.146 e. The van der Waals surface area contributed by atoms with Gasteiger partial charge in [-0.2, -0.15) is 5.26 Å². The first-order chi connectivity index (χ1) is 14.1. The Labute approximate surface area is 197 Å². The van der Waals surface area contributed by atoms with E-state index in [1.807, 2.05) is 30.3 Å². The number of rotatable bonds is 7. The summed E-state index contributed by atoms with van der Waals surface area (Å²) in [7, 11) is 0. The molecule has 0 aliphatic rings. The Kier molecular flexibility index (Phi) is 7.89. The average molecular weight is 608 g/mol. The van der Waals surface area contributed by atoms with Crippen LogP contribution in [0.2, 0.25) is 0 Å². The minimum absolute atomic E-state index is 0.256. The van der Waals surface area contributed by atoms with Crippen LogP contribution in [0.3, 0.4) is 0 Å². The van der Waals surface area contributed by atoms with Gasteiger partial charge < -0.3 is 9.57 Å². The minimum atomic E-state index is 0.256. The summed E-state index contributed by atoms with van der Waals surface area (Å²) in [6.07, 6.45) is 1.67. The predicted molar refractivity (Wildman–Crippen MR) is 131 cm³/mol. The highest BCUT2D eigenvalue weighted by atomic mass is 127. The third-order valence-corrected chi connectivity index (χ3v) is 5.76. The predicted octanol–water partition coefficient (Wildman–Crippen LogP) is 6.21. The molecule has 0 atom stereocenters. The lowest BCUT2D eigenvalue weighted by molar-refractivity contribution is 0.132. The summed E-state index contributed by atoms with van der Waals surface area (Å²) in [6.45, 7) is 2.86. The van der Waals surface area contributed by atoms with E-state index < -0.39 is 0 Å². The first-order valence-corrected chi connectivity index (χ1v) is 11.0. The number of benzene rings is 3. The van der Waals surface area contributed by atoms with Crippen LogP contribution in [0.5, 0.6) is 5.75 Å². The van der Waals surface area contributed by atoms with Gasteiger partial charge in [-0.1, -0.05) is 53.2 Å². The molecule has 4 nitrogen and oxygen atoms in total. The van der Waals surface area contributed by atoms with Crippen LogP contribution < -0.4 is 4.74 Å². The lowest BCUT2D eigenvalue weighted by Gasteiger charge is -2.11. The molecule has 0 spiro atoms. The summed E-state index contributed by atoms with van der Waals surface area (Å²) in [4.78, 5) is 5.37. The number of hydrogen-bond donors (Lipinski definition) is 0. The molecule has 0 amide bonds. The molecule has 6 heteroatoms. The Bertz CT molecular complexity index is 1030. The van der Waals surface area contributed by atoms with Crippen molar-refractivity contribution in [3.8, 4) is 11.8 Å². The van der Waals surface area contributed by atoms with Crippen molar-refractivity contribution >= 4 is 51.4 Å². The number of oxime groups is 1. The van der Waals surface area contributed by atoms with Crippen LogP contribution >= 0.6 is 45.2 Å². The lowest BCUT2D eigenvalue weighted by atomic mass is 10.1. The van der Waals surface area contributed by atoms with Crippen LogP contribution in [-0.2, 0) is 18.1 Å². The lowest BCUT2D eigenvalue weighted by Crippen LogP contribution is -2.00. The van der Waals surface area contributed by atoms with Crippen LogP contribution in [0, 0.1) is 25.4 Å². The summed E-state index contributed by atoms with van der Waals surface area (Å²) in [5.74, 6) is 0.868. The second kappa shape index (κ2) is 10.6. The molecule has 0 N–H and O–H groups in total. The van der Waals surface area contributed by atoms with E-state index in [9.17, 15) is 0 Å². The van der Waals surface area contributed by atoms with E-state index in [0.29, 0.717) is 12.2 Å². The summed E-state index contributed by atoms with van der Waals surface area (Å²) in [5.41, 5.74) is 4.71. The Morgan fingerprint density at radius 3 is 2.38 bits per heavy atom. The van der Waals surface area contributed by atoms with Gasteiger partial charge in [0.1, 0.15) is 19.0 Å². The van der Waals surface area contributed by atoms with Crippen molar-refractivity contribution in [2.75, 3.05) is 0 Å². The van der Waals surface area contributed by atoms with Gasteiger partial charge >= 0.3 is 0 Å². The highest BCUT2D eigenvalue weighted by Crippen LogP contribution is 2.29. The van der Waals surface area contributed by atoms with Gasteiger partial charge in [-0.25, -0.2) is 0 Å². The second-order valence-electron chi connectivity index (χ2n) is 6.36. The van der Waals surface area contributed by atoms with Crippen molar-refractivity contribution in [3.05, 3.63) is 95.6 Å². The van der Waals surface area contributed by atoms with Crippen molar-refractivity contribution in [3.63, 3.8) is 0 Å². The first kappa shape index (κ1) is 21.6. The average Bonchev–Trinajstić information content (AvgIpc) is 2.72. The maximum absolute atomic E-state index is 9.11. The molecule has 3 aromatic rings. The summed E-state index contributed by atoms with van der Waals surface area (Å²) < 4.78 is 8.06. The van der Waals surface area contributed by atoms with Gasteiger partial charge in [-0.15, -0.1) is 0 Å². The zero-order chi connectivity index (χ0) is 20.6. The highest BCUT2D eigenvalue weighted by molar-refractivity contribution is 14.1. The van der Waals surface area contributed by atoms with Crippen molar-refractivity contribution < 1.29 is 9.57 Å². The van der Waals surface area contributed by atoms with Crippen LogP contribution in [0.1, 0.15) is 27.8 Å². The van der Waals surface area contributed by atoms with Crippen LogP contribution in [0.15, 0.2) is 65.8 Å². The fourth-order valence-electron chi connectivity index (χ4n) is 2.59. The number of nitrogens with zero attached hydrogens (tertiary/aromatic N) is 2. The SMILES string of the molecule is Cc1ccc(COc2c(I)cc(/C=N\OCc3ccccc3C#N)cc2I)cc1. The molecule has 0 unspecified atom stereocenters. The molecule has 0 aliphatic heterocycles. The molecule has 0 heterocycles. The van der Waals surface area contributed by atoms with Crippen LogP contribution in [0.4, 0.5) is 0 Å². The Balaban J connectivity index is 1.61. The molecule has 0 radical (unpaired) electrons. The van der Waals surface area contributed by atoms with Crippen molar-refractivity contribution in [1.82, 2.24) is 0 Å². The van der Waals surface area contributed by atoms with Gasteiger partial charge in [0, 0.05) is 5.56 Å². The van der Waals surface area contributed by atoms with Crippen molar-refractivity contribution in [1.29, 1.82) is 5.26 Å². The number of hydrogen-bond acceptors (Lipinski definition) is 4. The molecular weight excluding hydrogens is 590 g/mol. The third kappa shape index (κ3) is 6.18. The molecule has 0 aliphatic carbocycles. The zero-order valence-corrected chi connectivity index (χ0v) is 20.0. The van der Waals surface area contributed by atoms with E-state index in [2.05, 4.69) is 87.6 Å². The molecule has 146 valence electrons. The topological polar surface area (TPSA) is 54.6 Å². The Hall–Kier alpha value is -2.12. The van der Waals surface area contributed by atoms with Crippen molar-refractivity contribution in [2.45, 2.75) is 20.1 Å². The monoisotopic (exact) mass is 608 g/mol. The standard InChI is InChI=1S/C23H18I2N2O2/c1-16-6-8-17(9-7-16)14-28-23-21(24)10-18(11-22(23)25)13-27-29-15-20-5-3-2-4-19(20)12-26/h2-11,13H,14-15H2,1H3/b27-13-. The molecule has 0 saturated heterocycles. The van der Waals surface area contributed by atoms with E-state index in [-0.39, 0.29) is 6.61 Å². The van der Waals surface area contributed by atoms with E-state index in [4.69, 9.17) is 14.8 Å². The van der Waals surface area contributed by atoms with E-state index >= 15 is 0 Å². The first-order valence-electron chi connectivity index (χ1n) is 8.87. The molecular formula is C23H18I2N2O2. The molecule has 0 fully saturated rings. The Morgan fingerprint density at radius 2 is 1.69 bits per heavy atom. The molecule has 0 aromatic heterocycles. The zero-order valence-electron chi connectivity index (χ0n) is 15.7. The maximum atomic E-state index is 9.11. The highest BCUT2D eigenvalue weighted by Gasteiger charge is 2.09. The molecule has 0 bridgehead atoms. The number of ether oxygens (including phenoxy) is 1. The molecule has 3 aromatic carbocycles. The molecule has 29 heavy (non-hydrogen) atoms. The molecule has 0 saturated carbocycles. The quantitative estimate of drug-likeness (QED) is 0.182. The number of nitriles is 1. The van der Waals surface area contributed by atoms with Crippen LogP contribution in [0.25, 0.3) is 0 Å². The van der Waals surface area contributed by atoms with Crippen LogP contribution in [-0.4, -0.2) is 6.21 Å². The van der Waals surface area contributed by atoms with Crippen molar-refractivity contribution in [2.24, 2.45) is 5.16 Å². The molecule has 3 rings (SSSR count). The normalized spacial score (nSPS) is 10.7. The third-order valence-electron chi connectivity index (χ3n) is 4.16. The van der Waals surface area contributed by atoms with Gasteiger partial charge in [0.25, 0.3) is 0 Å². The summed E-state index contributed by atoms with van der Waals surface area (Å²) in [5, 5.41) is 13.2.